The Balaban J connectivity index is 2.45. The van der Waals surface area contributed by atoms with Crippen LogP contribution in [0.3, 0.4) is 0 Å². The van der Waals surface area contributed by atoms with Crippen molar-refractivity contribution in [2.24, 2.45) is 0 Å². The minimum atomic E-state index is -3.83. The van der Waals surface area contributed by atoms with Crippen molar-refractivity contribution in [1.29, 1.82) is 0 Å². The van der Waals surface area contributed by atoms with E-state index in [0.29, 0.717) is 28.3 Å². The van der Waals surface area contributed by atoms with Gasteiger partial charge in [0.2, 0.25) is 21.8 Å². The van der Waals surface area contributed by atoms with Crippen LogP contribution >= 0.6 is 11.6 Å². The Kier molecular flexibility index (Phi) is 8.63. The van der Waals surface area contributed by atoms with E-state index in [2.05, 4.69) is 5.32 Å². The van der Waals surface area contributed by atoms with Gasteiger partial charge >= 0.3 is 0 Å². The fourth-order valence-corrected chi connectivity index (χ4v) is 4.50. The first-order valence-electron chi connectivity index (χ1n) is 9.97. The summed E-state index contributed by atoms with van der Waals surface area (Å²) in [6, 6.07) is 9.42. The summed E-state index contributed by atoms with van der Waals surface area (Å²) in [5.74, 6) is -1.37. The highest BCUT2D eigenvalue weighted by atomic mass is 35.5. The van der Waals surface area contributed by atoms with Gasteiger partial charge in [-0.2, -0.15) is 0 Å². The Labute approximate surface area is 193 Å². The predicted molar refractivity (Wildman–Crippen MR) is 123 cm³/mol. The second kappa shape index (κ2) is 10.8. The number of halogens is 2. The van der Waals surface area contributed by atoms with Crippen LogP contribution in [0.25, 0.3) is 0 Å². The molecule has 0 aliphatic heterocycles. The van der Waals surface area contributed by atoms with Gasteiger partial charge in [-0.3, -0.25) is 13.9 Å². The molecule has 2 rings (SSSR count). The Bertz CT molecular complexity index is 1080. The molecular weight excluding hydrogens is 457 g/mol. The predicted octanol–water partition coefficient (Wildman–Crippen LogP) is 3.11. The second-order valence-corrected chi connectivity index (χ2v) is 9.73. The molecule has 0 saturated heterocycles. The van der Waals surface area contributed by atoms with Gasteiger partial charge in [0.15, 0.2) is 0 Å². The van der Waals surface area contributed by atoms with E-state index in [-0.39, 0.29) is 12.5 Å². The van der Waals surface area contributed by atoms with Gasteiger partial charge in [-0.1, -0.05) is 30.7 Å². The van der Waals surface area contributed by atoms with Crippen molar-refractivity contribution >= 4 is 39.1 Å². The van der Waals surface area contributed by atoms with Crippen LogP contribution in [0.5, 0.6) is 0 Å². The Morgan fingerprint density at radius 1 is 1.16 bits per heavy atom. The van der Waals surface area contributed by atoms with Crippen LogP contribution in [0, 0.1) is 12.7 Å². The van der Waals surface area contributed by atoms with Crippen molar-refractivity contribution in [3.63, 3.8) is 0 Å². The summed E-state index contributed by atoms with van der Waals surface area (Å²) in [7, 11) is -2.36. The lowest BCUT2D eigenvalue weighted by Crippen LogP contribution is -2.51. The Morgan fingerprint density at radius 2 is 1.78 bits per heavy atom. The maximum atomic E-state index is 13.4. The lowest BCUT2D eigenvalue weighted by Gasteiger charge is -2.33. The molecule has 0 aliphatic carbocycles. The average molecular weight is 484 g/mol. The molecule has 7 nitrogen and oxygen atoms in total. The molecule has 32 heavy (non-hydrogen) atoms. The van der Waals surface area contributed by atoms with E-state index < -0.39 is 34.3 Å². The molecule has 2 aromatic carbocycles. The van der Waals surface area contributed by atoms with Gasteiger partial charge in [-0.25, -0.2) is 12.8 Å². The number of benzene rings is 2. The lowest BCUT2D eigenvalue weighted by atomic mass is 10.1. The summed E-state index contributed by atoms with van der Waals surface area (Å²) in [4.78, 5) is 27.2. The van der Waals surface area contributed by atoms with E-state index in [1.807, 2.05) is 0 Å². The number of rotatable bonds is 9. The smallest absolute Gasteiger partial charge is 0.244 e. The molecule has 0 saturated carbocycles. The number of carbonyl (C=O) groups excluding carboxylic acids is 2. The summed E-state index contributed by atoms with van der Waals surface area (Å²) in [6.45, 7) is 2.96. The molecule has 1 atom stereocenters. The Hall–Kier alpha value is -2.65. The summed E-state index contributed by atoms with van der Waals surface area (Å²) >= 11 is 5.99. The lowest BCUT2D eigenvalue weighted by molar-refractivity contribution is -0.140. The SMILES string of the molecule is CCC(C(=O)NC)N(Cc1ccc(F)cc1)C(=O)CN(c1ccc(Cl)cc1C)S(C)(=O)=O. The van der Waals surface area contributed by atoms with Crippen LogP contribution in [0.2, 0.25) is 5.02 Å². The van der Waals surface area contributed by atoms with E-state index >= 15 is 0 Å². The summed E-state index contributed by atoms with van der Waals surface area (Å²) < 4.78 is 39.4. The van der Waals surface area contributed by atoms with E-state index in [4.69, 9.17) is 11.6 Å². The largest absolute Gasteiger partial charge is 0.357 e. The Morgan fingerprint density at radius 3 is 2.28 bits per heavy atom. The standard InChI is InChI=1S/C22H27ClFN3O4S/c1-5-19(22(29)25-3)26(13-16-6-9-18(24)10-7-16)21(28)14-27(32(4,30)31)20-11-8-17(23)12-15(20)2/h6-12,19H,5,13-14H2,1-4H3,(H,25,29). The zero-order valence-electron chi connectivity index (χ0n) is 18.4. The van der Waals surface area contributed by atoms with Crippen LogP contribution in [0.1, 0.15) is 24.5 Å². The molecule has 2 aromatic rings. The number of hydrogen-bond acceptors (Lipinski definition) is 4. The quantitative estimate of drug-likeness (QED) is 0.593. The molecule has 0 bridgehead atoms. The third kappa shape index (κ3) is 6.43. The number of likely N-dealkylation sites (N-methyl/N-ethyl adjacent to an activating group) is 1. The minimum absolute atomic E-state index is 0.0161. The molecule has 1 unspecified atom stereocenters. The highest BCUT2D eigenvalue weighted by Gasteiger charge is 2.31. The normalized spacial score (nSPS) is 12.2. The second-order valence-electron chi connectivity index (χ2n) is 7.39. The number of hydrogen-bond donors (Lipinski definition) is 1. The van der Waals surface area contributed by atoms with E-state index in [0.717, 1.165) is 10.6 Å². The van der Waals surface area contributed by atoms with Gasteiger partial charge in [-0.05, 0) is 54.8 Å². The number of sulfonamides is 1. The van der Waals surface area contributed by atoms with Gasteiger partial charge in [0.25, 0.3) is 0 Å². The molecule has 0 heterocycles. The number of carbonyl (C=O) groups is 2. The average Bonchev–Trinajstić information content (AvgIpc) is 2.72. The van der Waals surface area contributed by atoms with Gasteiger partial charge in [0.05, 0.1) is 11.9 Å². The zero-order chi connectivity index (χ0) is 24.1. The highest BCUT2D eigenvalue weighted by molar-refractivity contribution is 7.92. The summed E-state index contributed by atoms with van der Waals surface area (Å²) in [5.41, 5.74) is 1.51. The van der Waals surface area contributed by atoms with Crippen molar-refractivity contribution in [1.82, 2.24) is 10.2 Å². The van der Waals surface area contributed by atoms with E-state index in [9.17, 15) is 22.4 Å². The molecular formula is C22H27ClFN3O4S. The molecule has 10 heteroatoms. The van der Waals surface area contributed by atoms with Gasteiger partial charge in [-0.15, -0.1) is 0 Å². The van der Waals surface area contributed by atoms with Crippen LogP contribution in [-0.4, -0.2) is 51.0 Å². The van der Waals surface area contributed by atoms with Crippen LogP contribution < -0.4 is 9.62 Å². The fourth-order valence-electron chi connectivity index (χ4n) is 3.37. The number of amides is 2. The van der Waals surface area contributed by atoms with Crippen LogP contribution in [0.15, 0.2) is 42.5 Å². The van der Waals surface area contributed by atoms with Crippen molar-refractivity contribution in [2.75, 3.05) is 24.2 Å². The first kappa shape index (κ1) is 25.6. The molecule has 0 spiro atoms. The topological polar surface area (TPSA) is 86.8 Å². The van der Waals surface area contributed by atoms with Gasteiger partial charge in [0.1, 0.15) is 18.4 Å². The molecule has 0 radical (unpaired) electrons. The number of aryl methyl sites for hydroxylation is 1. The van der Waals surface area contributed by atoms with E-state index in [1.54, 1.807) is 26.0 Å². The minimum Gasteiger partial charge on any atom is -0.357 e. The van der Waals surface area contributed by atoms with Crippen molar-refractivity contribution in [3.8, 4) is 0 Å². The molecule has 0 fully saturated rings. The maximum Gasteiger partial charge on any atom is 0.244 e. The van der Waals surface area contributed by atoms with E-state index in [1.165, 1.54) is 42.3 Å². The van der Waals surface area contributed by atoms with Gasteiger partial charge < -0.3 is 10.2 Å². The van der Waals surface area contributed by atoms with Gasteiger partial charge in [0, 0.05) is 18.6 Å². The maximum absolute atomic E-state index is 13.4. The van der Waals surface area contributed by atoms with Crippen LogP contribution in [0.4, 0.5) is 10.1 Å². The molecule has 2 amide bonds. The number of anilines is 1. The molecule has 0 aromatic heterocycles. The molecule has 174 valence electrons. The molecule has 1 N–H and O–H groups in total. The molecule has 0 aliphatic rings. The zero-order valence-corrected chi connectivity index (χ0v) is 20.0. The number of nitrogens with zero attached hydrogens (tertiary/aromatic N) is 2. The monoisotopic (exact) mass is 483 g/mol. The first-order chi connectivity index (χ1) is 15.0. The fraction of sp³-hybridized carbons (Fsp3) is 0.364. The third-order valence-corrected chi connectivity index (χ3v) is 6.37. The van der Waals surface area contributed by atoms with Crippen molar-refractivity contribution < 1.29 is 22.4 Å². The summed E-state index contributed by atoms with van der Waals surface area (Å²) in [6.07, 6.45) is 1.32. The van der Waals surface area contributed by atoms with Crippen molar-refractivity contribution in [3.05, 3.63) is 64.4 Å². The van der Waals surface area contributed by atoms with Crippen molar-refractivity contribution in [2.45, 2.75) is 32.9 Å². The number of nitrogens with one attached hydrogen (secondary N) is 1. The van der Waals surface area contributed by atoms with Crippen LogP contribution in [-0.2, 0) is 26.2 Å². The highest BCUT2D eigenvalue weighted by Crippen LogP contribution is 2.26. The summed E-state index contributed by atoms with van der Waals surface area (Å²) in [5, 5.41) is 2.98. The third-order valence-electron chi connectivity index (χ3n) is 5.01. The first-order valence-corrected chi connectivity index (χ1v) is 12.2.